The number of rotatable bonds is 6. The number of hydrogen-bond donors (Lipinski definition) is 1. The third-order valence-electron chi connectivity index (χ3n) is 4.21. The van der Waals surface area contributed by atoms with E-state index in [1.807, 2.05) is 12.1 Å². The van der Waals surface area contributed by atoms with Crippen molar-refractivity contribution in [1.82, 2.24) is 5.32 Å². The fourth-order valence-corrected chi connectivity index (χ4v) is 4.71. The van der Waals surface area contributed by atoms with Crippen LogP contribution >= 0.6 is 0 Å². The minimum Gasteiger partial charge on any atom is -0.464 e. The first-order valence-corrected chi connectivity index (χ1v) is 10.7. The summed E-state index contributed by atoms with van der Waals surface area (Å²) < 4.78 is 37.0. The fraction of sp³-hybridized carbons (Fsp3) is 0.400. The van der Waals surface area contributed by atoms with Gasteiger partial charge in [0.2, 0.25) is 0 Å². The summed E-state index contributed by atoms with van der Waals surface area (Å²) in [5.74, 6) is -0.657. The maximum absolute atomic E-state index is 12.8. The maximum atomic E-state index is 12.8. The van der Waals surface area contributed by atoms with Gasteiger partial charge in [0.1, 0.15) is 12.1 Å². The standard InChI is InChI=1S/C20H24N2O6S/c1-20(2,3)28-19(24)21-11-6-12-27-17(23)13-22-15-9-4-7-14-8-5-10-16(18(14)15)29(22,25)26/h4-5,7-10H,6,11-13H2,1-3H3,(H,21,24). The van der Waals surface area contributed by atoms with E-state index in [-0.39, 0.29) is 18.0 Å². The Kier molecular flexibility index (Phi) is 5.70. The van der Waals surface area contributed by atoms with Gasteiger partial charge in [-0.15, -0.1) is 0 Å². The van der Waals surface area contributed by atoms with E-state index in [9.17, 15) is 18.0 Å². The second kappa shape index (κ2) is 7.90. The predicted molar refractivity (Wildman–Crippen MR) is 108 cm³/mol. The highest BCUT2D eigenvalue weighted by Crippen LogP contribution is 2.41. The number of ether oxygens (including phenoxy) is 2. The average molecular weight is 420 g/mol. The van der Waals surface area contributed by atoms with E-state index in [1.165, 1.54) is 6.07 Å². The van der Waals surface area contributed by atoms with Gasteiger partial charge < -0.3 is 14.8 Å². The molecule has 1 N–H and O–H groups in total. The number of alkyl carbamates (subject to hydrolysis) is 1. The van der Waals surface area contributed by atoms with Crippen LogP contribution in [-0.4, -0.2) is 45.8 Å². The van der Waals surface area contributed by atoms with E-state index in [2.05, 4.69) is 5.32 Å². The number of amides is 1. The Morgan fingerprint density at radius 1 is 1.10 bits per heavy atom. The molecule has 1 aliphatic rings. The second-order valence-corrected chi connectivity index (χ2v) is 9.48. The second-order valence-electron chi connectivity index (χ2n) is 7.65. The molecule has 0 atom stereocenters. The van der Waals surface area contributed by atoms with Crippen molar-refractivity contribution in [3.8, 4) is 0 Å². The third-order valence-corrected chi connectivity index (χ3v) is 6.01. The predicted octanol–water partition coefficient (Wildman–Crippen LogP) is 2.81. The van der Waals surface area contributed by atoms with Crippen molar-refractivity contribution in [2.45, 2.75) is 37.7 Å². The highest BCUT2D eigenvalue weighted by atomic mass is 32.2. The van der Waals surface area contributed by atoms with Crippen LogP contribution in [0.1, 0.15) is 27.2 Å². The van der Waals surface area contributed by atoms with E-state index in [1.54, 1.807) is 39.0 Å². The lowest BCUT2D eigenvalue weighted by molar-refractivity contribution is -0.141. The number of benzene rings is 2. The van der Waals surface area contributed by atoms with Gasteiger partial charge >= 0.3 is 12.1 Å². The molecule has 1 heterocycles. The topological polar surface area (TPSA) is 102 Å². The van der Waals surface area contributed by atoms with Gasteiger partial charge in [0, 0.05) is 11.9 Å². The summed E-state index contributed by atoms with van der Waals surface area (Å²) >= 11 is 0. The number of esters is 1. The summed E-state index contributed by atoms with van der Waals surface area (Å²) in [7, 11) is -3.80. The maximum Gasteiger partial charge on any atom is 0.407 e. The van der Waals surface area contributed by atoms with Gasteiger partial charge in [-0.3, -0.25) is 9.10 Å². The Bertz CT molecular complexity index is 1040. The van der Waals surface area contributed by atoms with Crippen LogP contribution in [0.2, 0.25) is 0 Å². The van der Waals surface area contributed by atoms with Gasteiger partial charge in [-0.2, -0.15) is 0 Å². The Hall–Kier alpha value is -2.81. The molecule has 0 bridgehead atoms. The largest absolute Gasteiger partial charge is 0.464 e. The van der Waals surface area contributed by atoms with Gasteiger partial charge in [0.25, 0.3) is 10.0 Å². The van der Waals surface area contributed by atoms with Crippen molar-refractivity contribution in [1.29, 1.82) is 0 Å². The number of carbonyl (C=O) groups is 2. The van der Waals surface area contributed by atoms with Crippen molar-refractivity contribution >= 4 is 38.5 Å². The molecule has 0 fully saturated rings. The monoisotopic (exact) mass is 420 g/mol. The number of nitrogens with one attached hydrogen (secondary N) is 1. The van der Waals surface area contributed by atoms with Gasteiger partial charge in [-0.1, -0.05) is 24.3 Å². The SMILES string of the molecule is CC(C)(C)OC(=O)NCCCOC(=O)CN1c2cccc3cccc(c23)S1(=O)=O. The molecule has 1 aliphatic heterocycles. The first-order valence-electron chi connectivity index (χ1n) is 9.26. The molecule has 8 nitrogen and oxygen atoms in total. The minimum atomic E-state index is -3.80. The van der Waals surface area contributed by atoms with Crippen LogP contribution in [0.3, 0.4) is 0 Å². The quantitative estimate of drug-likeness (QED) is 0.570. The van der Waals surface area contributed by atoms with Crippen LogP contribution in [0.25, 0.3) is 10.8 Å². The van der Waals surface area contributed by atoms with Crippen molar-refractivity contribution in [2.24, 2.45) is 0 Å². The number of anilines is 1. The lowest BCUT2D eigenvalue weighted by Crippen LogP contribution is -2.35. The Labute approximate surface area is 169 Å². The third kappa shape index (κ3) is 4.61. The minimum absolute atomic E-state index is 0.0552. The van der Waals surface area contributed by atoms with E-state index < -0.39 is 34.2 Å². The first kappa shape index (κ1) is 20.9. The van der Waals surface area contributed by atoms with Gasteiger partial charge in [0.15, 0.2) is 0 Å². The summed E-state index contributed by atoms with van der Waals surface area (Å²) in [6, 6.07) is 10.3. The summed E-state index contributed by atoms with van der Waals surface area (Å²) in [5, 5.41) is 3.98. The molecule has 3 rings (SSSR count). The molecule has 0 spiro atoms. The zero-order valence-electron chi connectivity index (χ0n) is 16.6. The van der Waals surface area contributed by atoms with Crippen molar-refractivity contribution < 1.29 is 27.5 Å². The van der Waals surface area contributed by atoms with E-state index in [0.717, 1.165) is 9.69 Å². The van der Waals surface area contributed by atoms with Crippen LogP contribution in [-0.2, 0) is 24.3 Å². The summed E-state index contributed by atoms with van der Waals surface area (Å²) in [4.78, 5) is 23.9. The molecule has 0 saturated carbocycles. The molecule has 0 saturated heterocycles. The number of nitrogens with zero attached hydrogens (tertiary/aromatic N) is 1. The summed E-state index contributed by atoms with van der Waals surface area (Å²) in [6.45, 7) is 5.21. The Morgan fingerprint density at radius 3 is 2.48 bits per heavy atom. The molecular formula is C20H24N2O6S. The van der Waals surface area contributed by atoms with Crippen LogP contribution in [0.4, 0.5) is 10.5 Å². The molecule has 9 heteroatoms. The van der Waals surface area contributed by atoms with Crippen LogP contribution < -0.4 is 9.62 Å². The average Bonchev–Trinajstić information content (AvgIpc) is 2.83. The zero-order chi connectivity index (χ0) is 21.2. The number of hydrogen-bond acceptors (Lipinski definition) is 6. The molecule has 2 aromatic carbocycles. The van der Waals surface area contributed by atoms with Crippen LogP contribution in [0.5, 0.6) is 0 Å². The Balaban J connectivity index is 1.53. The van der Waals surface area contributed by atoms with E-state index in [4.69, 9.17) is 9.47 Å². The molecule has 156 valence electrons. The molecule has 29 heavy (non-hydrogen) atoms. The highest BCUT2D eigenvalue weighted by molar-refractivity contribution is 7.93. The van der Waals surface area contributed by atoms with Crippen LogP contribution in [0, 0.1) is 0 Å². The lowest BCUT2D eigenvalue weighted by Gasteiger charge is -2.19. The molecule has 0 unspecified atom stereocenters. The molecule has 0 aliphatic carbocycles. The molecule has 0 radical (unpaired) electrons. The van der Waals surface area contributed by atoms with Gasteiger partial charge in [-0.05, 0) is 44.7 Å². The molecule has 0 aromatic heterocycles. The molecule has 1 amide bonds. The smallest absolute Gasteiger partial charge is 0.407 e. The molecule has 2 aromatic rings. The van der Waals surface area contributed by atoms with Crippen LogP contribution in [0.15, 0.2) is 41.3 Å². The first-order chi connectivity index (χ1) is 13.6. The Morgan fingerprint density at radius 2 is 1.79 bits per heavy atom. The van der Waals surface area contributed by atoms with Gasteiger partial charge in [-0.25, -0.2) is 13.2 Å². The number of sulfonamides is 1. The molecular weight excluding hydrogens is 396 g/mol. The van der Waals surface area contributed by atoms with Crippen molar-refractivity contribution in [3.05, 3.63) is 36.4 Å². The fourth-order valence-electron chi connectivity index (χ4n) is 3.05. The highest BCUT2D eigenvalue weighted by Gasteiger charge is 2.36. The zero-order valence-corrected chi connectivity index (χ0v) is 17.4. The van der Waals surface area contributed by atoms with Crippen molar-refractivity contribution in [3.63, 3.8) is 0 Å². The number of carbonyl (C=O) groups excluding carboxylic acids is 2. The van der Waals surface area contributed by atoms with Gasteiger partial charge in [0.05, 0.1) is 17.2 Å². The van der Waals surface area contributed by atoms with E-state index >= 15 is 0 Å². The van der Waals surface area contributed by atoms with E-state index in [0.29, 0.717) is 17.5 Å². The summed E-state index contributed by atoms with van der Waals surface area (Å²) in [6.07, 6.45) is -0.161. The lowest BCUT2D eigenvalue weighted by atomic mass is 10.1. The summed E-state index contributed by atoms with van der Waals surface area (Å²) in [5.41, 5.74) is -0.111. The van der Waals surface area contributed by atoms with Crippen molar-refractivity contribution in [2.75, 3.05) is 24.0 Å². The normalized spacial score (nSPS) is 14.7.